The van der Waals surface area contributed by atoms with E-state index in [0.717, 1.165) is 28.1 Å². The molecule has 3 aromatic rings. The summed E-state index contributed by atoms with van der Waals surface area (Å²) < 4.78 is 7.12. The number of esters is 1. The van der Waals surface area contributed by atoms with Crippen molar-refractivity contribution in [1.29, 1.82) is 0 Å². The Bertz CT molecular complexity index is 989. The van der Waals surface area contributed by atoms with Gasteiger partial charge in [0.15, 0.2) is 0 Å². The van der Waals surface area contributed by atoms with Crippen molar-refractivity contribution in [2.24, 2.45) is 0 Å². The Hall–Kier alpha value is -3.08. The maximum atomic E-state index is 11.8. The van der Waals surface area contributed by atoms with Crippen LogP contribution in [-0.2, 0) is 9.53 Å². The van der Waals surface area contributed by atoms with E-state index in [1.165, 1.54) is 0 Å². The van der Waals surface area contributed by atoms with Crippen molar-refractivity contribution < 1.29 is 9.53 Å². The van der Waals surface area contributed by atoms with Crippen LogP contribution in [0.1, 0.15) is 18.5 Å². The Morgan fingerprint density at radius 2 is 2.00 bits per heavy atom. The van der Waals surface area contributed by atoms with Crippen molar-refractivity contribution >= 4 is 28.3 Å². The van der Waals surface area contributed by atoms with E-state index >= 15 is 0 Å². The van der Waals surface area contributed by atoms with Crippen LogP contribution in [0.3, 0.4) is 0 Å². The number of nitrogens with zero attached hydrogens (tertiary/aromatic N) is 2. The zero-order valence-corrected chi connectivity index (χ0v) is 14.0. The minimum Gasteiger partial charge on any atom is -0.465 e. The zero-order valence-electron chi connectivity index (χ0n) is 14.0. The van der Waals surface area contributed by atoms with Gasteiger partial charge in [0.1, 0.15) is 18.0 Å². The van der Waals surface area contributed by atoms with Crippen molar-refractivity contribution in [3.05, 3.63) is 66.4 Å². The number of carbonyl (C=O) groups excluding carboxylic acids is 1. The summed E-state index contributed by atoms with van der Waals surface area (Å²) in [4.78, 5) is 16.6. The fourth-order valence-electron chi connectivity index (χ4n) is 3.19. The molecular formula is C20H19N3O2. The van der Waals surface area contributed by atoms with Crippen LogP contribution in [0.25, 0.3) is 16.6 Å². The van der Waals surface area contributed by atoms with Crippen molar-refractivity contribution in [2.45, 2.75) is 12.8 Å². The molecule has 0 unspecified atom stereocenters. The molecule has 2 aromatic heterocycles. The second-order valence-electron chi connectivity index (χ2n) is 5.89. The minimum atomic E-state index is -0.277. The Labute approximate surface area is 145 Å². The van der Waals surface area contributed by atoms with E-state index in [9.17, 15) is 4.79 Å². The molecule has 0 bridgehead atoms. The Kier molecular flexibility index (Phi) is 3.98. The fourth-order valence-corrected chi connectivity index (χ4v) is 3.19. The molecular weight excluding hydrogens is 314 g/mol. The lowest BCUT2D eigenvalue weighted by Crippen LogP contribution is -2.18. The highest BCUT2D eigenvalue weighted by molar-refractivity contribution is 5.85. The van der Waals surface area contributed by atoms with Crippen molar-refractivity contribution in [3.63, 3.8) is 0 Å². The van der Waals surface area contributed by atoms with Gasteiger partial charge in [0.05, 0.1) is 17.8 Å². The second kappa shape index (κ2) is 6.43. The number of para-hydroxylation sites is 1. The van der Waals surface area contributed by atoms with Gasteiger partial charge in [-0.2, -0.15) is 0 Å². The predicted molar refractivity (Wildman–Crippen MR) is 98.8 cm³/mol. The standard InChI is InChI=1S/C20H19N3O2/c1-2-25-18(24)13-21-20-19(15-8-3-4-9-15)22-17-12-11-14-7-5-6-10-16(14)23(17)20/h3-12,15,21H,2,13H2,1H3. The molecule has 0 fully saturated rings. The predicted octanol–water partition coefficient (Wildman–Crippen LogP) is 3.67. The summed E-state index contributed by atoms with van der Waals surface area (Å²) in [5, 5.41) is 4.37. The highest BCUT2D eigenvalue weighted by Gasteiger charge is 2.20. The topological polar surface area (TPSA) is 55.6 Å². The van der Waals surface area contributed by atoms with Crippen molar-refractivity contribution in [2.75, 3.05) is 18.5 Å². The largest absolute Gasteiger partial charge is 0.465 e. The maximum Gasteiger partial charge on any atom is 0.325 e. The molecule has 0 amide bonds. The summed E-state index contributed by atoms with van der Waals surface area (Å²) in [6, 6.07) is 12.2. The first-order chi connectivity index (χ1) is 12.3. The minimum absolute atomic E-state index is 0.100. The van der Waals surface area contributed by atoms with Crippen LogP contribution >= 0.6 is 0 Å². The molecule has 1 N–H and O–H groups in total. The van der Waals surface area contributed by atoms with Crippen molar-refractivity contribution in [1.82, 2.24) is 9.38 Å². The van der Waals surface area contributed by atoms with Gasteiger partial charge in [-0.05, 0) is 30.5 Å². The first-order valence-corrected chi connectivity index (χ1v) is 8.42. The number of imidazole rings is 1. The summed E-state index contributed by atoms with van der Waals surface area (Å²) >= 11 is 0. The van der Waals surface area contributed by atoms with Crippen LogP contribution in [0.4, 0.5) is 5.82 Å². The summed E-state index contributed by atoms with van der Waals surface area (Å²) in [5.41, 5.74) is 2.82. The smallest absolute Gasteiger partial charge is 0.325 e. The van der Waals surface area contributed by atoms with Gasteiger partial charge in [0.25, 0.3) is 0 Å². The van der Waals surface area contributed by atoms with Gasteiger partial charge in [-0.15, -0.1) is 0 Å². The van der Waals surface area contributed by atoms with Crippen LogP contribution in [0.15, 0.2) is 60.7 Å². The van der Waals surface area contributed by atoms with E-state index in [1.54, 1.807) is 6.92 Å². The molecule has 1 aliphatic rings. The van der Waals surface area contributed by atoms with Gasteiger partial charge in [0.2, 0.25) is 0 Å². The number of ether oxygens (including phenoxy) is 1. The molecule has 25 heavy (non-hydrogen) atoms. The number of nitrogens with one attached hydrogen (secondary N) is 1. The Balaban J connectivity index is 1.86. The summed E-state index contributed by atoms with van der Waals surface area (Å²) in [6.45, 7) is 2.29. The number of anilines is 1. The van der Waals surface area contributed by atoms with Gasteiger partial charge in [0, 0.05) is 5.92 Å². The van der Waals surface area contributed by atoms with E-state index in [2.05, 4.69) is 40.1 Å². The quantitative estimate of drug-likeness (QED) is 0.724. The van der Waals surface area contributed by atoms with Gasteiger partial charge in [-0.1, -0.05) is 42.5 Å². The first-order valence-electron chi connectivity index (χ1n) is 8.42. The number of pyridine rings is 1. The lowest BCUT2D eigenvalue weighted by Gasteiger charge is -2.11. The van der Waals surface area contributed by atoms with Crippen LogP contribution in [-0.4, -0.2) is 28.5 Å². The average Bonchev–Trinajstić information content (AvgIpc) is 3.27. The highest BCUT2D eigenvalue weighted by Crippen LogP contribution is 2.32. The number of rotatable bonds is 5. The lowest BCUT2D eigenvalue weighted by atomic mass is 10.1. The van der Waals surface area contributed by atoms with Gasteiger partial charge in [-0.3, -0.25) is 9.20 Å². The van der Waals surface area contributed by atoms with Gasteiger partial charge in [-0.25, -0.2) is 4.98 Å². The highest BCUT2D eigenvalue weighted by atomic mass is 16.5. The van der Waals surface area contributed by atoms with E-state index in [0.29, 0.717) is 6.61 Å². The molecule has 5 nitrogen and oxygen atoms in total. The molecule has 0 saturated heterocycles. The molecule has 1 aliphatic carbocycles. The summed E-state index contributed by atoms with van der Waals surface area (Å²) in [6.07, 6.45) is 8.23. The van der Waals surface area contributed by atoms with E-state index in [4.69, 9.17) is 9.72 Å². The molecule has 1 aromatic carbocycles. The summed E-state index contributed by atoms with van der Waals surface area (Å²) in [7, 11) is 0. The molecule has 0 atom stereocenters. The van der Waals surface area contributed by atoms with E-state index < -0.39 is 0 Å². The van der Waals surface area contributed by atoms with Gasteiger partial charge < -0.3 is 10.1 Å². The van der Waals surface area contributed by atoms with Crippen LogP contribution in [0.5, 0.6) is 0 Å². The number of hydrogen-bond donors (Lipinski definition) is 1. The zero-order chi connectivity index (χ0) is 17.2. The number of allylic oxidation sites excluding steroid dienone is 4. The van der Waals surface area contributed by atoms with E-state index in [-0.39, 0.29) is 18.4 Å². The monoisotopic (exact) mass is 333 g/mol. The number of fused-ring (bicyclic) bond motifs is 3. The van der Waals surface area contributed by atoms with Gasteiger partial charge >= 0.3 is 5.97 Å². The number of benzene rings is 1. The van der Waals surface area contributed by atoms with Crippen LogP contribution in [0.2, 0.25) is 0 Å². The third kappa shape index (κ3) is 2.78. The average molecular weight is 333 g/mol. The molecule has 0 radical (unpaired) electrons. The molecule has 0 aliphatic heterocycles. The fraction of sp³-hybridized carbons (Fsp3) is 0.200. The molecule has 2 heterocycles. The lowest BCUT2D eigenvalue weighted by molar-refractivity contribution is -0.140. The first kappa shape index (κ1) is 15.4. The third-order valence-electron chi connectivity index (χ3n) is 4.29. The number of carbonyl (C=O) groups is 1. The second-order valence-corrected chi connectivity index (χ2v) is 5.89. The number of aromatic nitrogens is 2. The van der Waals surface area contributed by atoms with Crippen LogP contribution in [0, 0.1) is 0 Å². The molecule has 5 heteroatoms. The Morgan fingerprint density at radius 3 is 2.80 bits per heavy atom. The number of hydrogen-bond acceptors (Lipinski definition) is 4. The molecule has 126 valence electrons. The normalized spacial score (nSPS) is 13.8. The SMILES string of the molecule is CCOC(=O)CNc1c(C2C=CC=C2)nc2ccc3ccccc3n12. The molecule has 0 saturated carbocycles. The third-order valence-corrected chi connectivity index (χ3v) is 4.29. The molecule has 4 rings (SSSR count). The van der Waals surface area contributed by atoms with E-state index in [1.807, 2.05) is 30.4 Å². The van der Waals surface area contributed by atoms with Crippen LogP contribution < -0.4 is 5.32 Å². The molecule has 0 spiro atoms. The summed E-state index contributed by atoms with van der Waals surface area (Å²) in [5.74, 6) is 0.658. The Morgan fingerprint density at radius 1 is 1.20 bits per heavy atom. The van der Waals surface area contributed by atoms with Crippen molar-refractivity contribution in [3.8, 4) is 0 Å². The maximum absolute atomic E-state index is 11.8.